The molecule has 2 fully saturated rings. The van der Waals surface area contributed by atoms with Crippen molar-refractivity contribution in [1.29, 1.82) is 0 Å². The van der Waals surface area contributed by atoms with Gasteiger partial charge in [0.25, 0.3) is 0 Å². The van der Waals surface area contributed by atoms with Crippen molar-refractivity contribution in [2.24, 2.45) is 0 Å². The standard InChI is InChI=1S/C29H30N4OS/c1-19-17-24(20(2)33(19)26-14-7-10-21-9-3-4-12-23(21)26)28-27(25-13-5-6-15-30-25)31-29(35)32(28)18-22-11-8-16-34-22/h3-7,9-10,12-15,17,22,27-28H,8,11,16,18H2,1-2H3,(H,31,35)/t22-,27-,28+/m0/s1. The average Bonchev–Trinajstić information content (AvgIpc) is 3.58. The Hall–Kier alpha value is -3.22. The van der Waals surface area contributed by atoms with Crippen LogP contribution in [0.1, 0.15) is 47.6 Å². The van der Waals surface area contributed by atoms with Gasteiger partial charge in [0.15, 0.2) is 5.11 Å². The van der Waals surface area contributed by atoms with Crippen LogP contribution in [-0.4, -0.2) is 38.8 Å². The Bertz CT molecular complexity index is 1370. The van der Waals surface area contributed by atoms with Crippen LogP contribution in [0.3, 0.4) is 0 Å². The molecule has 4 heterocycles. The van der Waals surface area contributed by atoms with Crippen molar-refractivity contribution < 1.29 is 4.74 Å². The quantitative estimate of drug-likeness (QED) is 0.365. The summed E-state index contributed by atoms with van der Waals surface area (Å²) >= 11 is 5.89. The van der Waals surface area contributed by atoms with Crippen LogP contribution in [0, 0.1) is 13.8 Å². The van der Waals surface area contributed by atoms with Crippen molar-refractivity contribution in [3.63, 3.8) is 0 Å². The maximum Gasteiger partial charge on any atom is 0.170 e. The number of thiocarbonyl (C=S) groups is 1. The van der Waals surface area contributed by atoms with Gasteiger partial charge >= 0.3 is 0 Å². The SMILES string of the molecule is Cc1cc([C@@H]2[C@H](c3ccccn3)NC(=S)N2C[C@@H]2CCCO2)c(C)n1-c1cccc2ccccc12. The zero-order chi connectivity index (χ0) is 23.9. The minimum absolute atomic E-state index is 0.0217. The van der Waals surface area contributed by atoms with Crippen molar-refractivity contribution in [3.05, 3.63) is 95.6 Å². The Labute approximate surface area is 211 Å². The molecule has 2 aliphatic rings. The average molecular weight is 483 g/mol. The molecule has 0 bridgehead atoms. The van der Waals surface area contributed by atoms with E-state index in [0.29, 0.717) is 0 Å². The highest BCUT2D eigenvalue weighted by atomic mass is 32.1. The Kier molecular flexibility index (Phi) is 5.78. The van der Waals surface area contributed by atoms with Crippen molar-refractivity contribution in [2.45, 2.75) is 44.9 Å². The lowest BCUT2D eigenvalue weighted by Crippen LogP contribution is -2.36. The van der Waals surface area contributed by atoms with Gasteiger partial charge in [-0.25, -0.2) is 0 Å². The van der Waals surface area contributed by atoms with E-state index in [2.05, 4.69) is 83.2 Å². The predicted octanol–water partition coefficient (Wildman–Crippen LogP) is 5.79. The molecule has 5 nitrogen and oxygen atoms in total. The van der Waals surface area contributed by atoms with Gasteiger partial charge in [0.1, 0.15) is 0 Å². The fraction of sp³-hybridized carbons (Fsp3) is 0.310. The summed E-state index contributed by atoms with van der Waals surface area (Å²) in [5.41, 5.74) is 5.93. The van der Waals surface area contributed by atoms with Crippen LogP contribution in [0.2, 0.25) is 0 Å². The number of fused-ring (bicyclic) bond motifs is 1. The van der Waals surface area contributed by atoms with Crippen LogP contribution >= 0.6 is 12.2 Å². The largest absolute Gasteiger partial charge is 0.376 e. The number of hydrogen-bond acceptors (Lipinski definition) is 3. The van der Waals surface area contributed by atoms with E-state index in [1.165, 1.54) is 33.4 Å². The van der Waals surface area contributed by atoms with Gasteiger partial charge in [-0.05, 0) is 74.1 Å². The number of rotatable bonds is 5. The van der Waals surface area contributed by atoms with Gasteiger partial charge in [0.2, 0.25) is 0 Å². The van der Waals surface area contributed by atoms with Crippen LogP contribution in [0.25, 0.3) is 16.5 Å². The number of pyridine rings is 1. The summed E-state index contributed by atoms with van der Waals surface area (Å²) in [5, 5.41) is 6.87. The van der Waals surface area contributed by atoms with Crippen LogP contribution in [0.4, 0.5) is 0 Å². The summed E-state index contributed by atoms with van der Waals surface area (Å²) in [5.74, 6) is 0. The van der Waals surface area contributed by atoms with Gasteiger partial charge < -0.3 is 19.5 Å². The van der Waals surface area contributed by atoms with Crippen molar-refractivity contribution in [1.82, 2.24) is 19.8 Å². The summed E-state index contributed by atoms with van der Waals surface area (Å²) in [7, 11) is 0. The molecule has 4 aromatic rings. The highest BCUT2D eigenvalue weighted by Gasteiger charge is 2.42. The summed E-state index contributed by atoms with van der Waals surface area (Å²) in [4.78, 5) is 7.04. The number of aromatic nitrogens is 2. The van der Waals surface area contributed by atoms with Crippen LogP contribution < -0.4 is 5.32 Å². The van der Waals surface area contributed by atoms with E-state index in [-0.39, 0.29) is 18.2 Å². The second-order valence-corrected chi connectivity index (χ2v) is 9.96. The van der Waals surface area contributed by atoms with Crippen LogP contribution in [0.15, 0.2) is 72.9 Å². The molecule has 3 atom stereocenters. The van der Waals surface area contributed by atoms with Gasteiger partial charge in [-0.3, -0.25) is 4.98 Å². The third kappa shape index (κ3) is 3.91. The first kappa shape index (κ1) is 22.3. The van der Waals surface area contributed by atoms with Crippen molar-refractivity contribution >= 4 is 28.1 Å². The molecule has 0 aliphatic carbocycles. The Morgan fingerprint density at radius 1 is 1.06 bits per heavy atom. The molecule has 0 amide bonds. The van der Waals surface area contributed by atoms with Gasteiger partial charge in [-0.1, -0.05) is 42.5 Å². The monoisotopic (exact) mass is 482 g/mol. The molecule has 2 aromatic carbocycles. The lowest BCUT2D eigenvalue weighted by atomic mass is 9.96. The lowest BCUT2D eigenvalue weighted by molar-refractivity contribution is 0.0842. The molecule has 0 spiro atoms. The summed E-state index contributed by atoms with van der Waals surface area (Å²) in [6.45, 7) is 6.05. The molecule has 2 aromatic heterocycles. The molecule has 6 rings (SSSR count). The number of aryl methyl sites for hydroxylation is 1. The molecule has 178 valence electrons. The van der Waals surface area contributed by atoms with E-state index in [1.54, 1.807) is 0 Å². The minimum Gasteiger partial charge on any atom is -0.376 e. The second kappa shape index (κ2) is 9.10. The molecule has 6 heteroatoms. The summed E-state index contributed by atoms with van der Waals surface area (Å²) in [6, 6.07) is 23.6. The van der Waals surface area contributed by atoms with Crippen LogP contribution in [-0.2, 0) is 4.74 Å². The molecule has 2 saturated heterocycles. The molecule has 2 aliphatic heterocycles. The highest BCUT2D eigenvalue weighted by Crippen LogP contribution is 2.42. The van der Waals surface area contributed by atoms with E-state index < -0.39 is 0 Å². The van der Waals surface area contributed by atoms with Crippen molar-refractivity contribution in [2.75, 3.05) is 13.2 Å². The lowest BCUT2D eigenvalue weighted by Gasteiger charge is -2.30. The third-order valence-corrected chi connectivity index (χ3v) is 7.77. The van der Waals surface area contributed by atoms with Gasteiger partial charge in [0, 0.05) is 36.1 Å². The fourth-order valence-electron chi connectivity index (χ4n) is 5.81. The fourth-order valence-corrected chi connectivity index (χ4v) is 6.12. The van der Waals surface area contributed by atoms with E-state index in [0.717, 1.165) is 36.8 Å². The van der Waals surface area contributed by atoms with E-state index in [4.69, 9.17) is 21.9 Å². The Morgan fingerprint density at radius 2 is 1.89 bits per heavy atom. The number of nitrogens with one attached hydrogen (secondary N) is 1. The maximum absolute atomic E-state index is 6.02. The maximum atomic E-state index is 6.02. The first-order valence-electron chi connectivity index (χ1n) is 12.4. The van der Waals surface area contributed by atoms with Crippen molar-refractivity contribution in [3.8, 4) is 5.69 Å². The molecular formula is C29H30N4OS. The van der Waals surface area contributed by atoms with E-state index in [9.17, 15) is 0 Å². The first-order chi connectivity index (χ1) is 17.1. The Balaban J connectivity index is 1.48. The molecule has 35 heavy (non-hydrogen) atoms. The van der Waals surface area contributed by atoms with Gasteiger partial charge in [0.05, 0.1) is 29.6 Å². The molecule has 0 saturated carbocycles. The Morgan fingerprint density at radius 3 is 2.69 bits per heavy atom. The number of ether oxygens (including phenoxy) is 1. The van der Waals surface area contributed by atoms with E-state index in [1.807, 2.05) is 18.3 Å². The normalized spacial score (nSPS) is 22.2. The van der Waals surface area contributed by atoms with Crippen LogP contribution in [0.5, 0.6) is 0 Å². The second-order valence-electron chi connectivity index (χ2n) is 9.57. The topological polar surface area (TPSA) is 42.3 Å². The molecule has 0 unspecified atom stereocenters. The molecular weight excluding hydrogens is 452 g/mol. The zero-order valence-electron chi connectivity index (χ0n) is 20.1. The minimum atomic E-state index is -0.0217. The molecule has 1 N–H and O–H groups in total. The zero-order valence-corrected chi connectivity index (χ0v) is 21.0. The third-order valence-electron chi connectivity index (χ3n) is 7.42. The summed E-state index contributed by atoms with van der Waals surface area (Å²) < 4.78 is 8.40. The van der Waals surface area contributed by atoms with Gasteiger partial charge in [-0.2, -0.15) is 0 Å². The number of hydrogen-bond donors (Lipinski definition) is 1. The number of benzene rings is 2. The molecule has 0 radical (unpaired) electrons. The first-order valence-corrected chi connectivity index (χ1v) is 12.8. The number of nitrogens with zero attached hydrogens (tertiary/aromatic N) is 3. The smallest absolute Gasteiger partial charge is 0.170 e. The predicted molar refractivity (Wildman–Crippen MR) is 144 cm³/mol. The van der Waals surface area contributed by atoms with Gasteiger partial charge in [-0.15, -0.1) is 0 Å². The van der Waals surface area contributed by atoms with E-state index >= 15 is 0 Å². The summed E-state index contributed by atoms with van der Waals surface area (Å²) in [6.07, 6.45) is 4.26. The highest BCUT2D eigenvalue weighted by molar-refractivity contribution is 7.80.